The van der Waals surface area contributed by atoms with Crippen LogP contribution in [-0.2, 0) is 9.53 Å². The molecule has 0 aromatic heterocycles. The van der Waals surface area contributed by atoms with Gasteiger partial charge in [0.05, 0.1) is 7.11 Å². The average Bonchev–Trinajstić information content (AvgIpc) is 2.77. The van der Waals surface area contributed by atoms with Gasteiger partial charge in [-0.2, -0.15) is 11.8 Å². The lowest BCUT2D eigenvalue weighted by Crippen LogP contribution is -2.55. The molecule has 1 rings (SSSR count). The normalized spacial score (nSPS) is 20.5. The number of carbonyl (C=O) groups excluding carboxylic acids is 1. The number of ether oxygens (including phenoxy) is 1. The molecule has 0 spiro atoms. The molecule has 1 saturated carbocycles. The summed E-state index contributed by atoms with van der Waals surface area (Å²) >= 11 is 1.91. The van der Waals surface area contributed by atoms with Gasteiger partial charge in [-0.15, -0.1) is 0 Å². The summed E-state index contributed by atoms with van der Waals surface area (Å²) < 4.78 is 4.92. The quantitative estimate of drug-likeness (QED) is 0.744. The lowest BCUT2D eigenvalue weighted by molar-refractivity contribution is -0.147. The van der Waals surface area contributed by atoms with Gasteiger partial charge < -0.3 is 4.74 Å². The van der Waals surface area contributed by atoms with Crippen molar-refractivity contribution in [3.8, 4) is 0 Å². The first kappa shape index (κ1) is 14.8. The number of hydrogen-bond donors (Lipinski definition) is 1. The summed E-state index contributed by atoms with van der Waals surface area (Å²) in [6, 6.07) is 0.281. The lowest BCUT2D eigenvalue weighted by atomic mass is 10.0. The summed E-state index contributed by atoms with van der Waals surface area (Å²) in [7, 11) is 1.46. The summed E-state index contributed by atoms with van der Waals surface area (Å²) in [5.74, 6) is 0.638. The number of hydrogen-bond acceptors (Lipinski definition) is 4. The SMILES string of the molecule is COC(=O)C(C)(CSC1CCCC1)NC(C)C. The van der Waals surface area contributed by atoms with Crippen molar-refractivity contribution in [2.45, 2.75) is 63.3 Å². The molecule has 1 N–H and O–H groups in total. The summed E-state index contributed by atoms with van der Waals surface area (Å²) in [6.45, 7) is 6.06. The van der Waals surface area contributed by atoms with Crippen LogP contribution in [0.3, 0.4) is 0 Å². The number of carbonyl (C=O) groups is 1. The van der Waals surface area contributed by atoms with E-state index in [-0.39, 0.29) is 12.0 Å². The molecule has 1 fully saturated rings. The summed E-state index contributed by atoms with van der Waals surface area (Å²) in [4.78, 5) is 11.9. The van der Waals surface area contributed by atoms with E-state index in [0.717, 1.165) is 11.0 Å². The minimum absolute atomic E-state index is 0.156. The topological polar surface area (TPSA) is 38.3 Å². The molecule has 100 valence electrons. The van der Waals surface area contributed by atoms with Crippen molar-refractivity contribution in [1.29, 1.82) is 0 Å². The summed E-state index contributed by atoms with van der Waals surface area (Å²) in [5, 5.41) is 4.07. The lowest BCUT2D eigenvalue weighted by Gasteiger charge is -2.30. The first-order valence-corrected chi connectivity index (χ1v) is 7.50. The second-order valence-electron chi connectivity index (χ2n) is 5.34. The molecular formula is C13H25NO2S. The van der Waals surface area contributed by atoms with E-state index in [1.807, 2.05) is 18.7 Å². The Labute approximate surface area is 109 Å². The highest BCUT2D eigenvalue weighted by Gasteiger charge is 2.35. The van der Waals surface area contributed by atoms with Gasteiger partial charge in [0.25, 0.3) is 0 Å². The Hall–Kier alpha value is -0.220. The molecule has 1 aliphatic rings. The molecule has 1 aliphatic carbocycles. The van der Waals surface area contributed by atoms with E-state index in [0.29, 0.717) is 0 Å². The number of esters is 1. The van der Waals surface area contributed by atoms with Crippen LogP contribution in [0, 0.1) is 0 Å². The maximum Gasteiger partial charge on any atom is 0.326 e. The van der Waals surface area contributed by atoms with Gasteiger partial charge in [-0.05, 0) is 33.6 Å². The molecule has 1 atom stereocenters. The van der Waals surface area contributed by atoms with E-state index in [4.69, 9.17) is 4.74 Å². The monoisotopic (exact) mass is 259 g/mol. The maximum absolute atomic E-state index is 11.9. The smallest absolute Gasteiger partial charge is 0.326 e. The molecule has 0 aromatic carbocycles. The molecule has 1 unspecified atom stereocenters. The van der Waals surface area contributed by atoms with Crippen LogP contribution in [0.15, 0.2) is 0 Å². The summed E-state index contributed by atoms with van der Waals surface area (Å²) in [6.07, 6.45) is 5.27. The first-order chi connectivity index (χ1) is 7.98. The molecular weight excluding hydrogens is 234 g/mol. The van der Waals surface area contributed by atoms with E-state index in [1.165, 1.54) is 32.8 Å². The van der Waals surface area contributed by atoms with E-state index in [1.54, 1.807) is 0 Å². The molecule has 0 aromatic rings. The molecule has 0 bridgehead atoms. The van der Waals surface area contributed by atoms with Crippen LogP contribution in [0.2, 0.25) is 0 Å². The average molecular weight is 259 g/mol. The van der Waals surface area contributed by atoms with E-state index in [9.17, 15) is 4.79 Å². The second kappa shape index (κ2) is 6.64. The predicted molar refractivity (Wildman–Crippen MR) is 73.4 cm³/mol. The predicted octanol–water partition coefficient (Wildman–Crippen LogP) is 2.59. The van der Waals surface area contributed by atoms with E-state index >= 15 is 0 Å². The van der Waals surface area contributed by atoms with Crippen molar-refractivity contribution in [3.05, 3.63) is 0 Å². The Balaban J connectivity index is 2.52. The van der Waals surface area contributed by atoms with Crippen LogP contribution in [0.5, 0.6) is 0 Å². The third-order valence-corrected chi connectivity index (χ3v) is 4.84. The molecule has 0 saturated heterocycles. The van der Waals surface area contributed by atoms with E-state index in [2.05, 4.69) is 19.2 Å². The molecule has 3 nitrogen and oxygen atoms in total. The fourth-order valence-corrected chi connectivity index (χ4v) is 3.80. The Kier molecular flexibility index (Phi) is 5.80. The van der Waals surface area contributed by atoms with Gasteiger partial charge in [0.1, 0.15) is 5.54 Å². The highest BCUT2D eigenvalue weighted by atomic mass is 32.2. The fraction of sp³-hybridized carbons (Fsp3) is 0.923. The second-order valence-corrected chi connectivity index (χ2v) is 6.63. The molecule has 17 heavy (non-hydrogen) atoms. The number of methoxy groups -OCH3 is 1. The van der Waals surface area contributed by atoms with Gasteiger partial charge in [-0.3, -0.25) is 10.1 Å². The number of rotatable bonds is 6. The van der Waals surface area contributed by atoms with Gasteiger partial charge >= 0.3 is 5.97 Å². The Morgan fingerprint density at radius 2 is 2.06 bits per heavy atom. The van der Waals surface area contributed by atoms with Gasteiger partial charge in [0, 0.05) is 17.0 Å². The van der Waals surface area contributed by atoms with Gasteiger partial charge in [-0.25, -0.2) is 0 Å². The highest BCUT2D eigenvalue weighted by Crippen LogP contribution is 2.31. The largest absolute Gasteiger partial charge is 0.468 e. The van der Waals surface area contributed by atoms with Crippen molar-refractivity contribution in [2.75, 3.05) is 12.9 Å². The Bertz CT molecular complexity index is 252. The van der Waals surface area contributed by atoms with Crippen LogP contribution in [0.4, 0.5) is 0 Å². The van der Waals surface area contributed by atoms with Crippen molar-refractivity contribution < 1.29 is 9.53 Å². The first-order valence-electron chi connectivity index (χ1n) is 6.45. The molecule has 0 radical (unpaired) electrons. The van der Waals surface area contributed by atoms with Gasteiger partial charge in [-0.1, -0.05) is 12.8 Å². The van der Waals surface area contributed by atoms with Gasteiger partial charge in [0.15, 0.2) is 0 Å². The van der Waals surface area contributed by atoms with Crippen molar-refractivity contribution in [3.63, 3.8) is 0 Å². The van der Waals surface area contributed by atoms with Crippen LogP contribution >= 0.6 is 11.8 Å². The summed E-state index contributed by atoms with van der Waals surface area (Å²) in [5.41, 5.74) is -0.559. The minimum Gasteiger partial charge on any atom is -0.468 e. The van der Waals surface area contributed by atoms with Crippen molar-refractivity contribution in [2.24, 2.45) is 0 Å². The maximum atomic E-state index is 11.9. The molecule has 0 amide bonds. The van der Waals surface area contributed by atoms with Crippen LogP contribution in [-0.4, -0.2) is 35.7 Å². The third-order valence-electron chi connectivity index (χ3n) is 3.15. The minimum atomic E-state index is -0.559. The Morgan fingerprint density at radius 3 is 2.53 bits per heavy atom. The molecule has 4 heteroatoms. The Morgan fingerprint density at radius 1 is 1.47 bits per heavy atom. The van der Waals surface area contributed by atoms with Crippen molar-refractivity contribution in [1.82, 2.24) is 5.32 Å². The number of nitrogens with one attached hydrogen (secondary N) is 1. The zero-order valence-corrected chi connectivity index (χ0v) is 12.2. The zero-order chi connectivity index (χ0) is 12.9. The van der Waals surface area contributed by atoms with E-state index < -0.39 is 5.54 Å². The van der Waals surface area contributed by atoms with Crippen molar-refractivity contribution >= 4 is 17.7 Å². The van der Waals surface area contributed by atoms with Crippen LogP contribution in [0.25, 0.3) is 0 Å². The van der Waals surface area contributed by atoms with Gasteiger partial charge in [0.2, 0.25) is 0 Å². The molecule has 0 heterocycles. The number of thioether (sulfide) groups is 1. The third kappa shape index (κ3) is 4.51. The zero-order valence-electron chi connectivity index (χ0n) is 11.4. The standard InChI is InChI=1S/C13H25NO2S/c1-10(2)14-13(3,12(15)16-4)9-17-11-7-5-6-8-11/h10-11,14H,5-9H2,1-4H3. The fourth-order valence-electron chi connectivity index (χ4n) is 2.36. The highest BCUT2D eigenvalue weighted by molar-refractivity contribution is 8.00. The molecule has 0 aliphatic heterocycles. The van der Waals surface area contributed by atoms with Crippen LogP contribution < -0.4 is 5.32 Å². The van der Waals surface area contributed by atoms with Crippen LogP contribution in [0.1, 0.15) is 46.5 Å².